The number of benzene rings is 5. The first kappa shape index (κ1) is 20.9. The van der Waals surface area contributed by atoms with Gasteiger partial charge >= 0.3 is 0 Å². The van der Waals surface area contributed by atoms with Crippen molar-refractivity contribution < 1.29 is 4.79 Å². The van der Waals surface area contributed by atoms with Crippen LogP contribution < -0.4 is 9.80 Å². The van der Waals surface area contributed by atoms with E-state index in [1.54, 1.807) is 0 Å². The van der Waals surface area contributed by atoms with Gasteiger partial charge < -0.3 is 9.80 Å². The van der Waals surface area contributed by atoms with Crippen LogP contribution >= 0.6 is 0 Å². The third kappa shape index (κ3) is 3.98. The van der Waals surface area contributed by atoms with E-state index in [1.165, 1.54) is 0 Å². The highest BCUT2D eigenvalue weighted by molar-refractivity contribution is 6.10. The van der Waals surface area contributed by atoms with Crippen LogP contribution in [0.15, 0.2) is 133 Å². The van der Waals surface area contributed by atoms with Gasteiger partial charge in [0.25, 0.3) is 5.91 Å². The van der Waals surface area contributed by atoms with Crippen LogP contribution in [0, 0.1) is 0 Å². The van der Waals surface area contributed by atoms with E-state index in [9.17, 15) is 4.79 Å². The van der Waals surface area contributed by atoms with Crippen molar-refractivity contribution in [3.8, 4) is 11.1 Å². The zero-order valence-electron chi connectivity index (χ0n) is 19.2. The first-order chi connectivity index (χ1) is 17.3. The van der Waals surface area contributed by atoms with Crippen molar-refractivity contribution >= 4 is 28.7 Å². The molecule has 0 aromatic heterocycles. The normalized spacial score (nSPS) is 12.5. The maximum absolute atomic E-state index is 13.2. The number of anilines is 4. The minimum atomic E-state index is 0.0593. The molecule has 0 spiro atoms. The highest BCUT2D eigenvalue weighted by atomic mass is 16.2. The molecule has 0 saturated heterocycles. The Balaban J connectivity index is 1.32. The van der Waals surface area contributed by atoms with Gasteiger partial charge in [-0.05, 0) is 71.3 Å². The molecule has 0 bridgehead atoms. The van der Waals surface area contributed by atoms with Crippen LogP contribution in [0.4, 0.5) is 22.7 Å². The van der Waals surface area contributed by atoms with Gasteiger partial charge in [-0.3, -0.25) is 4.79 Å². The van der Waals surface area contributed by atoms with Crippen LogP contribution in [0.3, 0.4) is 0 Å². The van der Waals surface area contributed by atoms with Crippen molar-refractivity contribution in [2.45, 2.75) is 6.54 Å². The zero-order valence-corrected chi connectivity index (χ0v) is 19.2. The quantitative estimate of drug-likeness (QED) is 0.270. The molecule has 0 saturated carbocycles. The molecule has 35 heavy (non-hydrogen) atoms. The van der Waals surface area contributed by atoms with Gasteiger partial charge in [0.2, 0.25) is 0 Å². The highest BCUT2D eigenvalue weighted by Gasteiger charge is 2.28. The predicted octanol–water partition coefficient (Wildman–Crippen LogP) is 7.98. The third-order valence-corrected chi connectivity index (χ3v) is 6.47. The molecular formula is C32H24N2O. The minimum Gasteiger partial charge on any atom is -0.311 e. The average Bonchev–Trinajstić information content (AvgIpc) is 3.27. The van der Waals surface area contributed by atoms with Crippen LogP contribution in [0.5, 0.6) is 0 Å². The molecule has 0 unspecified atom stereocenters. The molecule has 1 aliphatic rings. The molecule has 5 aromatic carbocycles. The predicted molar refractivity (Wildman–Crippen MR) is 144 cm³/mol. The summed E-state index contributed by atoms with van der Waals surface area (Å²) in [7, 11) is 0. The number of para-hydroxylation sites is 3. The van der Waals surface area contributed by atoms with Crippen LogP contribution in [0.2, 0.25) is 0 Å². The Morgan fingerprint density at radius 1 is 0.543 bits per heavy atom. The maximum atomic E-state index is 13.2. The summed E-state index contributed by atoms with van der Waals surface area (Å²) < 4.78 is 0. The average molecular weight is 453 g/mol. The Hall–Kier alpha value is -4.63. The summed E-state index contributed by atoms with van der Waals surface area (Å²) in [5.41, 5.74) is 8.21. The second kappa shape index (κ2) is 8.96. The van der Waals surface area contributed by atoms with Crippen molar-refractivity contribution in [1.82, 2.24) is 0 Å². The number of hydrogen-bond donors (Lipinski definition) is 0. The molecule has 3 heteroatoms. The second-order valence-electron chi connectivity index (χ2n) is 8.65. The van der Waals surface area contributed by atoms with E-state index >= 15 is 0 Å². The molecule has 168 valence electrons. The zero-order chi connectivity index (χ0) is 23.6. The van der Waals surface area contributed by atoms with E-state index in [2.05, 4.69) is 89.8 Å². The number of nitrogens with zero attached hydrogens (tertiary/aromatic N) is 2. The number of carbonyl (C=O) groups excluding carboxylic acids is 1. The topological polar surface area (TPSA) is 23.6 Å². The van der Waals surface area contributed by atoms with Gasteiger partial charge in [0.1, 0.15) is 0 Å². The second-order valence-corrected chi connectivity index (χ2v) is 8.65. The number of fused-ring (bicyclic) bond motifs is 1. The maximum Gasteiger partial charge on any atom is 0.258 e. The summed E-state index contributed by atoms with van der Waals surface area (Å²) in [5, 5.41) is 0. The largest absolute Gasteiger partial charge is 0.311 e. The monoisotopic (exact) mass is 452 g/mol. The number of carbonyl (C=O) groups is 1. The van der Waals surface area contributed by atoms with Gasteiger partial charge in [0, 0.05) is 28.3 Å². The number of hydrogen-bond acceptors (Lipinski definition) is 2. The van der Waals surface area contributed by atoms with Crippen molar-refractivity contribution in [2.24, 2.45) is 0 Å². The molecule has 0 atom stereocenters. The SMILES string of the molecule is O=C1c2cc(-c3ccc(N(c4ccccc4)c4ccccc4)cc3)ccc2CN1c1ccccc1. The lowest BCUT2D eigenvalue weighted by Gasteiger charge is -2.25. The molecule has 0 aliphatic carbocycles. The summed E-state index contributed by atoms with van der Waals surface area (Å²) in [6.07, 6.45) is 0. The van der Waals surface area contributed by atoms with Crippen LogP contribution in [0.1, 0.15) is 15.9 Å². The molecule has 1 aliphatic heterocycles. The Morgan fingerprint density at radius 3 is 1.66 bits per heavy atom. The van der Waals surface area contributed by atoms with E-state index < -0.39 is 0 Å². The van der Waals surface area contributed by atoms with E-state index in [-0.39, 0.29) is 5.91 Å². The molecule has 6 rings (SSSR count). The fourth-order valence-electron chi connectivity index (χ4n) is 4.70. The van der Waals surface area contributed by atoms with E-state index in [0.29, 0.717) is 6.54 Å². The fourth-order valence-corrected chi connectivity index (χ4v) is 4.70. The molecule has 1 amide bonds. The lowest BCUT2D eigenvalue weighted by Crippen LogP contribution is -2.22. The van der Waals surface area contributed by atoms with Crippen LogP contribution in [-0.2, 0) is 6.54 Å². The summed E-state index contributed by atoms with van der Waals surface area (Å²) in [6.45, 7) is 0.612. The van der Waals surface area contributed by atoms with Crippen molar-refractivity contribution in [3.63, 3.8) is 0 Å². The smallest absolute Gasteiger partial charge is 0.258 e. The van der Waals surface area contributed by atoms with Gasteiger partial charge in [-0.25, -0.2) is 0 Å². The Bertz CT molecular complexity index is 1420. The molecule has 0 radical (unpaired) electrons. The Kier molecular flexibility index (Phi) is 5.36. The third-order valence-electron chi connectivity index (χ3n) is 6.47. The number of rotatable bonds is 5. The lowest BCUT2D eigenvalue weighted by molar-refractivity contribution is 0.0996. The van der Waals surface area contributed by atoms with Crippen LogP contribution in [-0.4, -0.2) is 5.91 Å². The van der Waals surface area contributed by atoms with Crippen LogP contribution in [0.25, 0.3) is 11.1 Å². The minimum absolute atomic E-state index is 0.0593. The Morgan fingerprint density at radius 2 is 1.06 bits per heavy atom. The molecule has 0 N–H and O–H groups in total. The first-order valence-electron chi connectivity index (χ1n) is 11.8. The molecule has 3 nitrogen and oxygen atoms in total. The van der Waals surface area contributed by atoms with Crippen molar-refractivity contribution in [2.75, 3.05) is 9.80 Å². The molecule has 0 fully saturated rings. The van der Waals surface area contributed by atoms with E-state index in [1.807, 2.05) is 53.4 Å². The Labute approximate surface area is 205 Å². The summed E-state index contributed by atoms with van der Waals surface area (Å²) >= 11 is 0. The van der Waals surface area contributed by atoms with Gasteiger partial charge in [0.15, 0.2) is 0 Å². The van der Waals surface area contributed by atoms with E-state index in [4.69, 9.17) is 0 Å². The van der Waals surface area contributed by atoms with E-state index in [0.717, 1.165) is 45.0 Å². The van der Waals surface area contributed by atoms with Gasteiger partial charge in [0.05, 0.1) is 6.54 Å². The first-order valence-corrected chi connectivity index (χ1v) is 11.8. The standard InChI is InChI=1S/C32H24N2O/c35-32-31-22-25(16-17-26(31)23-33(32)27-10-4-1-5-11-27)24-18-20-30(21-19-24)34(28-12-6-2-7-13-28)29-14-8-3-9-15-29/h1-22H,23H2. The number of amides is 1. The molecule has 5 aromatic rings. The van der Waals surface area contributed by atoms with Crippen molar-refractivity contribution in [3.05, 3.63) is 145 Å². The van der Waals surface area contributed by atoms with Gasteiger partial charge in [-0.2, -0.15) is 0 Å². The summed E-state index contributed by atoms with van der Waals surface area (Å²) in [4.78, 5) is 17.2. The summed E-state index contributed by atoms with van der Waals surface area (Å²) in [5.74, 6) is 0.0593. The summed E-state index contributed by atoms with van der Waals surface area (Å²) in [6, 6.07) is 45.4. The fraction of sp³-hybridized carbons (Fsp3) is 0.0312. The van der Waals surface area contributed by atoms with Crippen molar-refractivity contribution in [1.29, 1.82) is 0 Å². The van der Waals surface area contributed by atoms with Gasteiger partial charge in [-0.15, -0.1) is 0 Å². The van der Waals surface area contributed by atoms with Gasteiger partial charge in [-0.1, -0.05) is 78.9 Å². The lowest BCUT2D eigenvalue weighted by atomic mass is 10.00. The highest BCUT2D eigenvalue weighted by Crippen LogP contribution is 2.36. The molecular weight excluding hydrogens is 428 g/mol. The molecule has 1 heterocycles.